The van der Waals surface area contributed by atoms with Crippen molar-refractivity contribution in [2.24, 2.45) is 0 Å². The fraction of sp³-hybridized carbons (Fsp3) is 0.278. The molecule has 2 aromatic rings. The molecule has 0 radical (unpaired) electrons. The average Bonchev–Trinajstić information content (AvgIpc) is 2.71. The van der Waals surface area contributed by atoms with Crippen LogP contribution < -0.4 is 0 Å². The molecule has 1 aliphatic rings. The Morgan fingerprint density at radius 1 is 0.950 bits per heavy atom. The summed E-state index contributed by atoms with van der Waals surface area (Å²) in [7, 11) is 0. The molecule has 0 bridgehead atoms. The van der Waals surface area contributed by atoms with E-state index in [1.54, 1.807) is 0 Å². The Labute approximate surface area is 124 Å². The molecular formula is C18H17ClO. The fourth-order valence-electron chi connectivity index (χ4n) is 3.28. The standard InChI is InChI=1S/C18H17ClO/c1-18(19)16(20)12-15(13-8-4-2-5-9-13)17(18)14-10-6-3-7-11-14/h2-11,15,17H,12H2,1H3/t15-,17-,18-/m1/s1. The van der Waals surface area contributed by atoms with Gasteiger partial charge in [-0.25, -0.2) is 0 Å². The average molecular weight is 285 g/mol. The van der Waals surface area contributed by atoms with E-state index in [1.165, 1.54) is 5.56 Å². The van der Waals surface area contributed by atoms with Crippen molar-refractivity contribution in [3.63, 3.8) is 0 Å². The van der Waals surface area contributed by atoms with Crippen molar-refractivity contribution in [3.05, 3.63) is 71.8 Å². The second-order valence-corrected chi connectivity index (χ2v) is 6.39. The number of rotatable bonds is 2. The van der Waals surface area contributed by atoms with Gasteiger partial charge in [-0.3, -0.25) is 4.79 Å². The minimum atomic E-state index is -0.818. The molecule has 0 N–H and O–H groups in total. The molecule has 2 heteroatoms. The van der Waals surface area contributed by atoms with Crippen LogP contribution in [0.15, 0.2) is 60.7 Å². The quantitative estimate of drug-likeness (QED) is 0.741. The number of carbonyl (C=O) groups is 1. The Bertz CT molecular complexity index is 604. The van der Waals surface area contributed by atoms with Crippen molar-refractivity contribution in [2.75, 3.05) is 0 Å². The first-order valence-electron chi connectivity index (χ1n) is 6.93. The molecule has 0 aromatic heterocycles. The zero-order valence-electron chi connectivity index (χ0n) is 11.4. The van der Waals surface area contributed by atoms with E-state index in [1.807, 2.05) is 43.3 Å². The number of Topliss-reactive ketones (excluding diaryl/α,β-unsaturated/α-hetero) is 1. The molecular weight excluding hydrogens is 268 g/mol. The van der Waals surface area contributed by atoms with Crippen LogP contribution in [-0.4, -0.2) is 10.7 Å². The normalized spacial score (nSPS) is 29.6. The minimum Gasteiger partial charge on any atom is -0.298 e. The van der Waals surface area contributed by atoms with E-state index in [4.69, 9.17) is 11.6 Å². The van der Waals surface area contributed by atoms with Crippen LogP contribution in [0.2, 0.25) is 0 Å². The first-order valence-corrected chi connectivity index (χ1v) is 7.30. The van der Waals surface area contributed by atoms with E-state index >= 15 is 0 Å². The largest absolute Gasteiger partial charge is 0.298 e. The van der Waals surface area contributed by atoms with Gasteiger partial charge >= 0.3 is 0 Å². The highest BCUT2D eigenvalue weighted by Gasteiger charge is 2.51. The molecule has 1 fully saturated rings. The Balaban J connectivity index is 2.08. The summed E-state index contributed by atoms with van der Waals surface area (Å²) < 4.78 is 0. The van der Waals surface area contributed by atoms with Crippen LogP contribution in [0.25, 0.3) is 0 Å². The number of alkyl halides is 1. The van der Waals surface area contributed by atoms with E-state index in [2.05, 4.69) is 24.3 Å². The molecule has 3 rings (SSSR count). The van der Waals surface area contributed by atoms with Crippen LogP contribution in [0.3, 0.4) is 0 Å². The highest BCUT2D eigenvalue weighted by Crippen LogP contribution is 2.52. The van der Waals surface area contributed by atoms with E-state index in [9.17, 15) is 4.79 Å². The zero-order chi connectivity index (χ0) is 14.2. The van der Waals surface area contributed by atoms with Gasteiger partial charge < -0.3 is 0 Å². The Kier molecular flexibility index (Phi) is 3.39. The lowest BCUT2D eigenvalue weighted by Crippen LogP contribution is -2.29. The Morgan fingerprint density at radius 2 is 1.45 bits per heavy atom. The van der Waals surface area contributed by atoms with E-state index in [-0.39, 0.29) is 17.6 Å². The fourth-order valence-corrected chi connectivity index (χ4v) is 3.64. The molecule has 1 nitrogen and oxygen atoms in total. The van der Waals surface area contributed by atoms with Crippen molar-refractivity contribution in [3.8, 4) is 0 Å². The van der Waals surface area contributed by atoms with E-state index < -0.39 is 4.87 Å². The molecule has 20 heavy (non-hydrogen) atoms. The van der Waals surface area contributed by atoms with Gasteiger partial charge in [-0.15, -0.1) is 11.6 Å². The first-order chi connectivity index (χ1) is 9.60. The number of carbonyl (C=O) groups excluding carboxylic acids is 1. The summed E-state index contributed by atoms with van der Waals surface area (Å²) >= 11 is 6.61. The smallest absolute Gasteiger partial charge is 0.154 e. The molecule has 1 aliphatic carbocycles. The molecule has 0 unspecified atom stereocenters. The summed E-state index contributed by atoms with van der Waals surface area (Å²) in [6.45, 7) is 1.86. The SMILES string of the molecule is C[C@@]1(Cl)C(=O)C[C@H](c2ccccc2)[C@H]1c1ccccc1. The molecule has 0 heterocycles. The molecule has 2 aromatic carbocycles. The molecule has 0 saturated heterocycles. The van der Waals surface area contributed by atoms with Gasteiger partial charge in [0.25, 0.3) is 0 Å². The predicted molar refractivity (Wildman–Crippen MR) is 82.2 cm³/mol. The van der Waals surface area contributed by atoms with Crippen molar-refractivity contribution >= 4 is 17.4 Å². The number of halogens is 1. The number of benzene rings is 2. The topological polar surface area (TPSA) is 17.1 Å². The minimum absolute atomic E-state index is 0.0280. The third kappa shape index (κ3) is 2.16. The third-order valence-electron chi connectivity index (χ3n) is 4.32. The molecule has 0 aliphatic heterocycles. The van der Waals surface area contributed by atoms with E-state index in [0.29, 0.717) is 6.42 Å². The maximum absolute atomic E-state index is 12.3. The van der Waals surface area contributed by atoms with Gasteiger partial charge in [0.15, 0.2) is 5.78 Å². The van der Waals surface area contributed by atoms with Crippen LogP contribution >= 0.6 is 11.6 Å². The highest BCUT2D eigenvalue weighted by molar-refractivity contribution is 6.36. The van der Waals surface area contributed by atoms with Crippen LogP contribution in [-0.2, 0) is 4.79 Å². The van der Waals surface area contributed by atoms with Crippen LogP contribution in [0.5, 0.6) is 0 Å². The Morgan fingerprint density at radius 3 is 2.00 bits per heavy atom. The van der Waals surface area contributed by atoms with Gasteiger partial charge in [0.1, 0.15) is 4.87 Å². The van der Waals surface area contributed by atoms with Crippen LogP contribution in [0, 0.1) is 0 Å². The van der Waals surface area contributed by atoms with Crippen molar-refractivity contribution in [2.45, 2.75) is 30.1 Å². The lowest BCUT2D eigenvalue weighted by Gasteiger charge is -2.28. The number of hydrogen-bond acceptors (Lipinski definition) is 1. The lowest BCUT2D eigenvalue weighted by atomic mass is 9.80. The number of ketones is 1. The van der Waals surface area contributed by atoms with Crippen LogP contribution in [0.1, 0.15) is 36.3 Å². The summed E-state index contributed by atoms with van der Waals surface area (Å²) in [5, 5.41) is 0. The first kappa shape index (κ1) is 13.4. The third-order valence-corrected chi connectivity index (χ3v) is 4.77. The number of hydrogen-bond donors (Lipinski definition) is 0. The van der Waals surface area contributed by atoms with E-state index in [0.717, 1.165) is 5.56 Å². The van der Waals surface area contributed by atoms with Gasteiger partial charge in [0, 0.05) is 12.3 Å². The molecule has 0 amide bonds. The summed E-state index contributed by atoms with van der Waals surface area (Å²) in [6.07, 6.45) is 0.517. The van der Waals surface area contributed by atoms with Crippen LogP contribution in [0.4, 0.5) is 0 Å². The van der Waals surface area contributed by atoms with Gasteiger partial charge in [-0.2, -0.15) is 0 Å². The summed E-state index contributed by atoms with van der Waals surface area (Å²) in [4.78, 5) is 11.5. The molecule has 0 spiro atoms. The zero-order valence-corrected chi connectivity index (χ0v) is 12.2. The maximum atomic E-state index is 12.3. The summed E-state index contributed by atoms with van der Waals surface area (Å²) in [5.41, 5.74) is 2.34. The second kappa shape index (κ2) is 5.06. The lowest BCUT2D eigenvalue weighted by molar-refractivity contribution is -0.119. The van der Waals surface area contributed by atoms with Crippen molar-refractivity contribution in [1.82, 2.24) is 0 Å². The van der Waals surface area contributed by atoms with Gasteiger partial charge in [0.2, 0.25) is 0 Å². The monoisotopic (exact) mass is 284 g/mol. The molecule has 1 saturated carbocycles. The van der Waals surface area contributed by atoms with Gasteiger partial charge in [-0.05, 0) is 24.0 Å². The summed E-state index contributed by atoms with van der Waals surface area (Å²) in [5.74, 6) is 0.329. The molecule has 102 valence electrons. The van der Waals surface area contributed by atoms with Gasteiger partial charge in [0.05, 0.1) is 0 Å². The summed E-state index contributed by atoms with van der Waals surface area (Å²) in [6, 6.07) is 20.4. The van der Waals surface area contributed by atoms with Gasteiger partial charge in [-0.1, -0.05) is 60.7 Å². The van der Waals surface area contributed by atoms with Crippen molar-refractivity contribution < 1.29 is 4.79 Å². The predicted octanol–water partition coefficient (Wildman–Crippen LogP) is 4.52. The second-order valence-electron chi connectivity index (χ2n) is 5.61. The van der Waals surface area contributed by atoms with Crippen molar-refractivity contribution in [1.29, 1.82) is 0 Å². The highest BCUT2D eigenvalue weighted by atomic mass is 35.5. The maximum Gasteiger partial charge on any atom is 0.154 e. The Hall–Kier alpha value is -1.60. The molecule has 3 atom stereocenters.